The minimum atomic E-state index is -0.433. The molecule has 12 unspecified atom stereocenters. The van der Waals surface area contributed by atoms with E-state index in [4.69, 9.17) is 9.47 Å². The van der Waals surface area contributed by atoms with Crippen molar-refractivity contribution in [1.82, 2.24) is 20.0 Å². The van der Waals surface area contributed by atoms with Crippen LogP contribution in [0.25, 0.3) is 0 Å². The third kappa shape index (κ3) is 3.96. The summed E-state index contributed by atoms with van der Waals surface area (Å²) in [6.45, 7) is 3.39. The van der Waals surface area contributed by atoms with Crippen molar-refractivity contribution in [2.45, 2.75) is 158 Å². The Morgan fingerprint density at radius 3 is 2.28 bits per heavy atom. The maximum Gasteiger partial charge on any atom is 0.141 e. The summed E-state index contributed by atoms with van der Waals surface area (Å²) in [5.74, 6) is 3.72. The second-order valence-electron chi connectivity index (χ2n) is 16.7. The molecule has 0 aromatic rings. The van der Waals surface area contributed by atoms with Crippen LogP contribution in [0.2, 0.25) is 0 Å². The molecular formula is C35H58N4O4. The van der Waals surface area contributed by atoms with Crippen molar-refractivity contribution in [3.8, 4) is 0 Å². The molecule has 43 heavy (non-hydrogen) atoms. The first-order valence-corrected chi connectivity index (χ1v) is 18.5. The van der Waals surface area contributed by atoms with E-state index in [-0.39, 0.29) is 24.6 Å². The normalized spacial score (nSPS) is 55.4. The van der Waals surface area contributed by atoms with Gasteiger partial charge in [0.1, 0.15) is 30.5 Å². The smallest absolute Gasteiger partial charge is 0.141 e. The van der Waals surface area contributed by atoms with Crippen molar-refractivity contribution in [2.75, 3.05) is 20.7 Å². The van der Waals surface area contributed by atoms with Crippen LogP contribution in [0.15, 0.2) is 0 Å². The van der Waals surface area contributed by atoms with E-state index in [0.29, 0.717) is 65.6 Å². The fourth-order valence-corrected chi connectivity index (χ4v) is 13.9. The molecule has 9 rings (SSSR count). The zero-order valence-electron chi connectivity index (χ0n) is 26.9. The fourth-order valence-electron chi connectivity index (χ4n) is 13.9. The quantitative estimate of drug-likeness (QED) is 0.424. The van der Waals surface area contributed by atoms with Gasteiger partial charge in [-0.2, -0.15) is 0 Å². The summed E-state index contributed by atoms with van der Waals surface area (Å²) in [7, 11) is 4.08. The van der Waals surface area contributed by atoms with Gasteiger partial charge in [-0.1, -0.05) is 44.9 Å². The van der Waals surface area contributed by atoms with Crippen molar-refractivity contribution < 1.29 is 19.7 Å². The van der Waals surface area contributed by atoms with E-state index < -0.39 is 12.0 Å². The molecular weight excluding hydrogens is 540 g/mol. The Morgan fingerprint density at radius 1 is 0.860 bits per heavy atom. The average Bonchev–Trinajstić information content (AvgIpc) is 3.68. The van der Waals surface area contributed by atoms with Gasteiger partial charge in [0.2, 0.25) is 0 Å². The average molecular weight is 599 g/mol. The van der Waals surface area contributed by atoms with Crippen LogP contribution in [0.5, 0.6) is 0 Å². The van der Waals surface area contributed by atoms with E-state index in [1.807, 2.05) is 7.11 Å². The number of fused-ring (bicyclic) bond motifs is 13. The molecule has 0 amide bonds. The summed E-state index contributed by atoms with van der Waals surface area (Å²) >= 11 is 0. The minimum absolute atomic E-state index is 0.0942. The predicted octanol–water partition coefficient (Wildman–Crippen LogP) is 3.56. The molecule has 5 heterocycles. The molecule has 2 bridgehead atoms. The molecule has 9 fully saturated rings. The number of nitrogens with zero attached hydrogens (tertiary/aromatic N) is 3. The van der Waals surface area contributed by atoms with Gasteiger partial charge < -0.3 is 19.7 Å². The molecule has 3 N–H and O–H groups in total. The maximum absolute atomic E-state index is 11.9. The highest BCUT2D eigenvalue weighted by molar-refractivity contribution is 5.24. The summed E-state index contributed by atoms with van der Waals surface area (Å²) in [5, 5.41) is 27.1. The van der Waals surface area contributed by atoms with E-state index in [1.165, 1.54) is 70.6 Å². The zero-order valence-corrected chi connectivity index (χ0v) is 26.9. The molecule has 9 aliphatic rings. The summed E-state index contributed by atoms with van der Waals surface area (Å²) in [4.78, 5) is 8.20. The predicted molar refractivity (Wildman–Crippen MR) is 164 cm³/mol. The molecule has 0 spiro atoms. The number of rotatable bonds is 4. The van der Waals surface area contributed by atoms with Gasteiger partial charge in [-0.25, -0.2) is 0 Å². The van der Waals surface area contributed by atoms with Crippen LogP contribution in [0.1, 0.15) is 96.8 Å². The zero-order chi connectivity index (χ0) is 29.2. The minimum Gasteiger partial charge on any atom is -0.378 e. The summed E-state index contributed by atoms with van der Waals surface area (Å²) < 4.78 is 14.1. The Bertz CT molecular complexity index is 1060. The standard InChI is InChI=1S/C35H58N4O4/c1-35-17-25(37(2)33(41)19-11-5-4-6-12-19)31(42-3)34(43-35)38-23-15-9-7-13-20(23)26-22-18-36-32(40)28(22)27-21-14-8-10-16-24(21)39(35)30(27)29(26)38/h19-34,36,40-41H,4-18H2,1-3H3/t20?,21?,22?,23?,24?,25-,26?,27?,28?,29?,30?,31-,32?,33?,34-,35+/m1/s1. The lowest BCUT2D eigenvalue weighted by atomic mass is 9.57. The van der Waals surface area contributed by atoms with Gasteiger partial charge in [0, 0.05) is 56.2 Å². The number of methoxy groups -OCH3 is 1. The Morgan fingerprint density at radius 2 is 1.53 bits per heavy atom. The molecule has 8 heteroatoms. The van der Waals surface area contributed by atoms with Crippen LogP contribution < -0.4 is 5.32 Å². The van der Waals surface area contributed by atoms with Crippen molar-refractivity contribution in [1.29, 1.82) is 0 Å². The lowest BCUT2D eigenvalue weighted by molar-refractivity contribution is -0.292. The third-order valence-corrected chi connectivity index (χ3v) is 15.2. The lowest BCUT2D eigenvalue weighted by Gasteiger charge is -2.55. The monoisotopic (exact) mass is 598 g/mol. The molecule has 16 atom stereocenters. The molecule has 4 aliphatic carbocycles. The van der Waals surface area contributed by atoms with Crippen molar-refractivity contribution in [3.63, 3.8) is 0 Å². The Labute approximate surface area is 259 Å². The van der Waals surface area contributed by atoms with E-state index >= 15 is 0 Å². The van der Waals surface area contributed by atoms with Crippen LogP contribution in [-0.2, 0) is 9.47 Å². The second kappa shape index (κ2) is 10.6. The molecule has 5 saturated heterocycles. The molecule has 8 nitrogen and oxygen atoms in total. The lowest BCUT2D eigenvalue weighted by Crippen LogP contribution is -2.68. The first kappa shape index (κ1) is 28.9. The van der Waals surface area contributed by atoms with Gasteiger partial charge in [-0.3, -0.25) is 20.0 Å². The summed E-state index contributed by atoms with van der Waals surface area (Å²) in [6, 6.07) is 2.05. The number of aliphatic hydroxyl groups excluding tert-OH is 2. The van der Waals surface area contributed by atoms with E-state index in [1.54, 1.807) is 0 Å². The van der Waals surface area contributed by atoms with Crippen LogP contribution in [-0.4, -0.2) is 106 Å². The molecule has 0 aromatic heterocycles. The van der Waals surface area contributed by atoms with E-state index in [9.17, 15) is 10.2 Å². The Hall–Kier alpha value is -0.320. The van der Waals surface area contributed by atoms with Gasteiger partial charge >= 0.3 is 0 Å². The van der Waals surface area contributed by atoms with Gasteiger partial charge in [-0.05, 0) is 88.0 Å². The Balaban J connectivity index is 1.18. The van der Waals surface area contributed by atoms with Crippen LogP contribution in [0.3, 0.4) is 0 Å². The van der Waals surface area contributed by atoms with Crippen molar-refractivity contribution >= 4 is 0 Å². The summed E-state index contributed by atoms with van der Waals surface area (Å²) in [5.41, 5.74) is -0.409. The van der Waals surface area contributed by atoms with Gasteiger partial charge in [-0.15, -0.1) is 0 Å². The molecule has 242 valence electrons. The van der Waals surface area contributed by atoms with E-state index in [2.05, 4.69) is 34.0 Å². The fraction of sp³-hybridized carbons (Fsp3) is 1.00. The Kier molecular flexibility index (Phi) is 7.11. The first-order valence-electron chi connectivity index (χ1n) is 18.5. The highest BCUT2D eigenvalue weighted by Gasteiger charge is 2.74. The molecule has 5 aliphatic heterocycles. The molecule has 4 saturated carbocycles. The number of hydrogen-bond acceptors (Lipinski definition) is 8. The molecule has 0 aromatic carbocycles. The van der Waals surface area contributed by atoms with Crippen molar-refractivity contribution in [3.05, 3.63) is 0 Å². The molecule has 0 radical (unpaired) electrons. The van der Waals surface area contributed by atoms with Crippen LogP contribution >= 0.6 is 0 Å². The van der Waals surface area contributed by atoms with Crippen LogP contribution in [0, 0.1) is 41.4 Å². The number of aliphatic hydroxyl groups is 2. The highest BCUT2D eigenvalue weighted by atomic mass is 16.6. The highest BCUT2D eigenvalue weighted by Crippen LogP contribution is 2.66. The third-order valence-electron chi connectivity index (χ3n) is 15.2. The van der Waals surface area contributed by atoms with Gasteiger partial charge in [0.25, 0.3) is 0 Å². The number of ether oxygens (including phenoxy) is 2. The first-order chi connectivity index (χ1) is 20.9. The van der Waals surface area contributed by atoms with E-state index in [0.717, 1.165) is 25.8 Å². The van der Waals surface area contributed by atoms with Gasteiger partial charge in [0.15, 0.2) is 0 Å². The van der Waals surface area contributed by atoms with Crippen molar-refractivity contribution in [2.24, 2.45) is 41.4 Å². The van der Waals surface area contributed by atoms with Crippen LogP contribution in [0.4, 0.5) is 0 Å². The topological polar surface area (TPSA) is 80.7 Å². The summed E-state index contributed by atoms with van der Waals surface area (Å²) in [6.07, 6.45) is 16.3. The second-order valence-corrected chi connectivity index (χ2v) is 16.7. The number of likely N-dealkylation sites (N-methyl/N-ethyl adjacent to an activating group) is 1. The SMILES string of the molecule is CO[C@@H]1[C@H](N(C)C(O)C2CCCCC2)C[C@]2(C)O[C@H]1N1C3CCCCC3C3C4CNC(O)C4C4C5CCCCC5N2C4C31. The van der Waals surface area contributed by atoms with Gasteiger partial charge in [0.05, 0.1) is 0 Å². The number of hydrogen-bond donors (Lipinski definition) is 3. The number of nitrogens with one attached hydrogen (secondary N) is 1. The largest absolute Gasteiger partial charge is 0.378 e. The maximum atomic E-state index is 11.9.